The normalized spacial score (nSPS) is 10.2. The third-order valence-electron chi connectivity index (χ3n) is 2.43. The average Bonchev–Trinajstić information content (AvgIpc) is 2.78. The minimum absolute atomic E-state index is 0.175. The lowest BCUT2D eigenvalue weighted by molar-refractivity contribution is -0.114. The number of nitrogens with zero attached hydrogens (tertiary/aromatic N) is 3. The molecule has 0 fully saturated rings. The molecule has 5 nitrogen and oxygen atoms in total. The zero-order chi connectivity index (χ0) is 14.9. The van der Waals surface area contributed by atoms with Gasteiger partial charge < -0.3 is 5.32 Å². The van der Waals surface area contributed by atoms with Gasteiger partial charge in [-0.25, -0.2) is 4.68 Å². The van der Waals surface area contributed by atoms with Gasteiger partial charge in [-0.3, -0.25) is 4.79 Å². The molecule has 0 saturated carbocycles. The molecule has 20 heavy (non-hydrogen) atoms. The van der Waals surface area contributed by atoms with E-state index in [0.29, 0.717) is 10.7 Å². The number of anilines is 1. The maximum Gasteiger partial charge on any atom is 0.222 e. The van der Waals surface area contributed by atoms with Gasteiger partial charge in [0.2, 0.25) is 5.91 Å². The number of benzene rings is 1. The summed E-state index contributed by atoms with van der Waals surface area (Å²) in [7, 11) is 0. The zero-order valence-corrected chi connectivity index (χ0v) is 12.4. The Kier molecular flexibility index (Phi) is 4.19. The summed E-state index contributed by atoms with van der Waals surface area (Å²) in [5.74, 6) is -0.111. The Morgan fingerprint density at radius 3 is 2.65 bits per heavy atom. The predicted octanol–water partition coefficient (Wildman–Crippen LogP) is 3.66. The van der Waals surface area contributed by atoms with Gasteiger partial charge in [-0.15, -0.1) is 0 Å². The lowest BCUT2D eigenvalue weighted by atomic mass is 10.3. The van der Waals surface area contributed by atoms with Crippen LogP contribution in [0.4, 0.5) is 5.82 Å². The van der Waals surface area contributed by atoms with Crippen LogP contribution in [0.15, 0.2) is 18.3 Å². The fraction of sp³-hybridized carbons (Fsp3) is 0.0833. The number of carbonyl (C=O) groups is 1. The molecule has 102 valence electrons. The van der Waals surface area contributed by atoms with Crippen LogP contribution in [-0.2, 0) is 4.79 Å². The maximum absolute atomic E-state index is 11.2. The van der Waals surface area contributed by atoms with E-state index in [9.17, 15) is 4.79 Å². The van der Waals surface area contributed by atoms with Crippen LogP contribution in [0.2, 0.25) is 15.1 Å². The van der Waals surface area contributed by atoms with Gasteiger partial charge in [0.05, 0.1) is 27.0 Å². The summed E-state index contributed by atoms with van der Waals surface area (Å²) in [6.07, 6.45) is 1.32. The van der Waals surface area contributed by atoms with Crippen LogP contribution < -0.4 is 5.32 Å². The van der Waals surface area contributed by atoms with Gasteiger partial charge in [-0.05, 0) is 12.1 Å². The lowest BCUT2D eigenvalue weighted by Crippen LogP contribution is -2.12. The van der Waals surface area contributed by atoms with E-state index >= 15 is 0 Å². The summed E-state index contributed by atoms with van der Waals surface area (Å²) in [5.41, 5.74) is 0.619. The Hall–Kier alpha value is -1.74. The second kappa shape index (κ2) is 5.71. The molecule has 0 aliphatic carbocycles. The van der Waals surface area contributed by atoms with Gasteiger partial charge in [-0.1, -0.05) is 34.8 Å². The van der Waals surface area contributed by atoms with Crippen molar-refractivity contribution in [2.24, 2.45) is 0 Å². The van der Waals surface area contributed by atoms with Crippen molar-refractivity contribution in [1.82, 2.24) is 9.78 Å². The monoisotopic (exact) mass is 328 g/mol. The highest BCUT2D eigenvalue weighted by atomic mass is 35.5. The summed E-state index contributed by atoms with van der Waals surface area (Å²) in [6, 6.07) is 5.08. The number of halogens is 3. The van der Waals surface area contributed by atoms with Crippen molar-refractivity contribution in [2.45, 2.75) is 6.92 Å². The third kappa shape index (κ3) is 2.59. The van der Waals surface area contributed by atoms with Crippen molar-refractivity contribution in [1.29, 1.82) is 5.26 Å². The van der Waals surface area contributed by atoms with E-state index in [1.165, 1.54) is 17.8 Å². The van der Waals surface area contributed by atoms with Crippen LogP contribution in [0.1, 0.15) is 12.5 Å². The molecule has 0 spiro atoms. The Morgan fingerprint density at radius 2 is 2.05 bits per heavy atom. The second-order valence-electron chi connectivity index (χ2n) is 3.81. The number of amides is 1. The number of nitriles is 1. The van der Waals surface area contributed by atoms with Crippen molar-refractivity contribution in [3.63, 3.8) is 0 Å². The quantitative estimate of drug-likeness (QED) is 0.855. The highest BCUT2D eigenvalue weighted by molar-refractivity contribution is 6.48. The number of rotatable bonds is 2. The predicted molar refractivity (Wildman–Crippen MR) is 77.6 cm³/mol. The smallest absolute Gasteiger partial charge is 0.222 e. The minimum Gasteiger partial charge on any atom is -0.310 e. The van der Waals surface area contributed by atoms with E-state index in [-0.39, 0.29) is 27.3 Å². The molecular formula is C12H7Cl3N4O. The van der Waals surface area contributed by atoms with Crippen LogP contribution in [0.25, 0.3) is 5.69 Å². The van der Waals surface area contributed by atoms with Crippen LogP contribution >= 0.6 is 34.8 Å². The molecule has 1 aromatic carbocycles. The number of nitrogens with one attached hydrogen (secondary N) is 1. The molecule has 0 bridgehead atoms. The molecule has 1 amide bonds. The van der Waals surface area contributed by atoms with Gasteiger partial charge in [0, 0.05) is 6.92 Å². The first-order valence-corrected chi connectivity index (χ1v) is 6.48. The highest BCUT2D eigenvalue weighted by Crippen LogP contribution is 2.35. The van der Waals surface area contributed by atoms with Crippen LogP contribution in [0, 0.1) is 11.3 Å². The van der Waals surface area contributed by atoms with E-state index in [1.807, 2.05) is 6.07 Å². The molecule has 8 heteroatoms. The number of carbonyl (C=O) groups excluding carboxylic acids is 1. The summed E-state index contributed by atoms with van der Waals surface area (Å²) in [5, 5.41) is 16.3. The topological polar surface area (TPSA) is 70.7 Å². The number of hydrogen-bond donors (Lipinski definition) is 1. The molecule has 0 unspecified atom stereocenters. The van der Waals surface area contributed by atoms with Crippen LogP contribution in [0.5, 0.6) is 0 Å². The first-order chi connectivity index (χ1) is 9.45. The third-order valence-corrected chi connectivity index (χ3v) is 3.71. The van der Waals surface area contributed by atoms with E-state index in [1.54, 1.807) is 12.1 Å². The first kappa shape index (κ1) is 14.7. The molecular weight excluding hydrogens is 323 g/mol. The fourth-order valence-corrected chi connectivity index (χ4v) is 2.19. The SMILES string of the molecule is CC(=O)Nc1c(C#N)cnn1-c1ccc(Cl)c(Cl)c1Cl. The zero-order valence-electron chi connectivity index (χ0n) is 10.1. The number of aromatic nitrogens is 2. The van der Waals surface area contributed by atoms with Gasteiger partial charge >= 0.3 is 0 Å². The molecule has 1 aromatic heterocycles. The molecule has 0 radical (unpaired) electrons. The molecule has 0 aliphatic rings. The van der Waals surface area contributed by atoms with E-state index < -0.39 is 0 Å². The largest absolute Gasteiger partial charge is 0.310 e. The first-order valence-electron chi connectivity index (χ1n) is 5.35. The summed E-state index contributed by atoms with van der Waals surface area (Å²) >= 11 is 18.0. The lowest BCUT2D eigenvalue weighted by Gasteiger charge is -2.11. The average molecular weight is 330 g/mol. The molecule has 0 saturated heterocycles. The summed E-state index contributed by atoms with van der Waals surface area (Å²) < 4.78 is 1.32. The second-order valence-corrected chi connectivity index (χ2v) is 4.97. The van der Waals surface area contributed by atoms with Gasteiger partial charge in [-0.2, -0.15) is 10.4 Å². The number of hydrogen-bond acceptors (Lipinski definition) is 3. The molecule has 2 rings (SSSR count). The highest BCUT2D eigenvalue weighted by Gasteiger charge is 2.17. The van der Waals surface area contributed by atoms with E-state index in [4.69, 9.17) is 40.1 Å². The molecule has 0 aliphatic heterocycles. The summed E-state index contributed by atoms with van der Waals surface area (Å²) in [6.45, 7) is 1.33. The van der Waals surface area contributed by atoms with Crippen molar-refractivity contribution in [2.75, 3.05) is 5.32 Å². The van der Waals surface area contributed by atoms with Crippen molar-refractivity contribution in [3.8, 4) is 11.8 Å². The van der Waals surface area contributed by atoms with E-state index in [2.05, 4.69) is 10.4 Å². The Morgan fingerprint density at radius 1 is 1.35 bits per heavy atom. The standard InChI is InChI=1S/C12H7Cl3N4O/c1-6(20)18-12-7(4-16)5-17-19(12)9-3-2-8(13)10(14)11(9)15/h2-3,5H,1H3,(H,18,20). The van der Waals surface area contributed by atoms with Crippen molar-refractivity contribution < 1.29 is 4.79 Å². The molecule has 1 heterocycles. The van der Waals surface area contributed by atoms with Crippen LogP contribution in [-0.4, -0.2) is 15.7 Å². The Labute approximate surface area is 129 Å². The van der Waals surface area contributed by atoms with E-state index in [0.717, 1.165) is 0 Å². The van der Waals surface area contributed by atoms with Gasteiger partial charge in [0.1, 0.15) is 11.6 Å². The van der Waals surface area contributed by atoms with Gasteiger partial charge in [0.25, 0.3) is 0 Å². The van der Waals surface area contributed by atoms with Gasteiger partial charge in [0.15, 0.2) is 5.82 Å². The molecule has 2 aromatic rings. The van der Waals surface area contributed by atoms with Crippen LogP contribution in [0.3, 0.4) is 0 Å². The molecule has 1 N–H and O–H groups in total. The van der Waals surface area contributed by atoms with Crippen molar-refractivity contribution >= 4 is 46.5 Å². The Bertz CT molecular complexity index is 733. The summed E-state index contributed by atoms with van der Waals surface area (Å²) in [4.78, 5) is 11.2. The Balaban J connectivity index is 2.65. The van der Waals surface area contributed by atoms with Crippen molar-refractivity contribution in [3.05, 3.63) is 39.0 Å². The molecule has 0 atom stereocenters. The maximum atomic E-state index is 11.2. The fourth-order valence-electron chi connectivity index (χ4n) is 1.58. The minimum atomic E-state index is -0.334.